The van der Waals surface area contributed by atoms with Crippen molar-refractivity contribution in [1.29, 1.82) is 0 Å². The van der Waals surface area contributed by atoms with Gasteiger partial charge in [0, 0.05) is 29.9 Å². The summed E-state index contributed by atoms with van der Waals surface area (Å²) in [6.45, 7) is 0.269. The van der Waals surface area contributed by atoms with Crippen LogP contribution in [-0.4, -0.2) is 32.5 Å². The van der Waals surface area contributed by atoms with Crippen LogP contribution in [0.2, 0.25) is 10.0 Å². The molecule has 11 heteroatoms. The van der Waals surface area contributed by atoms with Crippen molar-refractivity contribution >= 4 is 61.3 Å². The van der Waals surface area contributed by atoms with E-state index < -0.39 is 10.0 Å². The van der Waals surface area contributed by atoms with E-state index in [4.69, 9.17) is 27.9 Å². The van der Waals surface area contributed by atoms with Gasteiger partial charge >= 0.3 is 0 Å². The number of carbonyl (C=O) groups excluding carboxylic acids is 1. The third-order valence-corrected chi connectivity index (χ3v) is 7.36. The number of nitrogens with one attached hydrogen (secondary N) is 1. The summed E-state index contributed by atoms with van der Waals surface area (Å²) in [5.74, 6) is 0.197. The van der Waals surface area contributed by atoms with E-state index in [9.17, 15) is 13.2 Å². The molecule has 2 heterocycles. The van der Waals surface area contributed by atoms with Crippen LogP contribution < -0.4 is 14.4 Å². The molecule has 30 heavy (non-hydrogen) atoms. The number of rotatable bonds is 6. The summed E-state index contributed by atoms with van der Waals surface area (Å²) in [5, 5.41) is 2.73. The molecule has 0 radical (unpaired) electrons. The third kappa shape index (κ3) is 4.39. The highest BCUT2D eigenvalue weighted by atomic mass is 35.5. The van der Waals surface area contributed by atoms with E-state index in [1.165, 1.54) is 23.6 Å². The lowest BCUT2D eigenvalue weighted by molar-refractivity contribution is -0.120. The molecule has 1 aliphatic rings. The number of thiazole rings is 1. The molecular formula is C19H15Cl2N3O4S2. The van der Waals surface area contributed by atoms with E-state index in [1.54, 1.807) is 40.6 Å². The summed E-state index contributed by atoms with van der Waals surface area (Å²) in [4.78, 5) is 18.3. The first-order valence-corrected chi connectivity index (χ1v) is 11.9. The van der Waals surface area contributed by atoms with Gasteiger partial charge in [-0.15, -0.1) is 11.3 Å². The van der Waals surface area contributed by atoms with Gasteiger partial charge in [-0.1, -0.05) is 23.2 Å². The van der Waals surface area contributed by atoms with Crippen LogP contribution in [0.15, 0.2) is 52.9 Å². The van der Waals surface area contributed by atoms with Crippen LogP contribution >= 0.6 is 34.5 Å². The van der Waals surface area contributed by atoms with Crippen LogP contribution in [0.25, 0.3) is 0 Å². The smallest absolute Gasteiger partial charge is 0.264 e. The van der Waals surface area contributed by atoms with E-state index in [0.29, 0.717) is 39.6 Å². The predicted molar refractivity (Wildman–Crippen MR) is 117 cm³/mol. The monoisotopic (exact) mass is 483 g/mol. The topological polar surface area (TPSA) is 88.6 Å². The molecule has 156 valence electrons. The average Bonchev–Trinajstić information content (AvgIpc) is 3.37. The van der Waals surface area contributed by atoms with E-state index in [2.05, 4.69) is 9.71 Å². The molecule has 0 fully saturated rings. The number of anilines is 2. The number of ether oxygens (including phenoxy) is 1. The van der Waals surface area contributed by atoms with Crippen LogP contribution in [0.3, 0.4) is 0 Å². The highest BCUT2D eigenvalue weighted by molar-refractivity contribution is 7.93. The van der Waals surface area contributed by atoms with Crippen molar-refractivity contribution < 1.29 is 17.9 Å². The summed E-state index contributed by atoms with van der Waals surface area (Å²) < 4.78 is 33.1. The summed E-state index contributed by atoms with van der Waals surface area (Å²) in [7, 11) is -3.75. The average molecular weight is 484 g/mol. The molecule has 0 saturated carbocycles. The molecule has 7 nitrogen and oxygen atoms in total. The number of fused-ring (bicyclic) bond motifs is 1. The van der Waals surface area contributed by atoms with Gasteiger partial charge < -0.3 is 9.64 Å². The quantitative estimate of drug-likeness (QED) is 0.566. The Hall–Kier alpha value is -2.33. The van der Waals surface area contributed by atoms with E-state index >= 15 is 0 Å². The van der Waals surface area contributed by atoms with Crippen molar-refractivity contribution in [2.75, 3.05) is 22.8 Å². The molecule has 3 aromatic rings. The number of amides is 1. The van der Waals surface area contributed by atoms with E-state index in [0.717, 1.165) is 5.56 Å². The van der Waals surface area contributed by atoms with Gasteiger partial charge in [0.05, 0.1) is 14.9 Å². The molecule has 0 unspecified atom stereocenters. The Morgan fingerprint density at radius 3 is 2.77 bits per heavy atom. The Morgan fingerprint density at radius 2 is 2.03 bits per heavy atom. The molecule has 1 aromatic heterocycles. The van der Waals surface area contributed by atoms with Gasteiger partial charge in [0.25, 0.3) is 15.9 Å². The van der Waals surface area contributed by atoms with Crippen molar-refractivity contribution in [3.8, 4) is 5.75 Å². The van der Waals surface area contributed by atoms with Gasteiger partial charge in [0.15, 0.2) is 11.7 Å². The van der Waals surface area contributed by atoms with Crippen molar-refractivity contribution in [3.05, 3.63) is 63.6 Å². The lowest BCUT2D eigenvalue weighted by Crippen LogP contribution is -2.33. The highest BCUT2D eigenvalue weighted by Gasteiger charge is 2.27. The highest BCUT2D eigenvalue weighted by Crippen LogP contribution is 2.31. The molecule has 0 saturated heterocycles. The summed E-state index contributed by atoms with van der Waals surface area (Å²) in [6.07, 6.45) is 2.07. The Balaban J connectivity index is 1.46. The number of nitrogens with zero attached hydrogens (tertiary/aromatic N) is 2. The zero-order valence-electron chi connectivity index (χ0n) is 15.3. The van der Waals surface area contributed by atoms with Crippen LogP contribution in [0.4, 0.5) is 10.8 Å². The lowest BCUT2D eigenvalue weighted by atomic mass is 10.2. The summed E-state index contributed by atoms with van der Waals surface area (Å²) in [5.41, 5.74) is 1.45. The Labute approximate surface area is 187 Å². The largest absolute Gasteiger partial charge is 0.484 e. The van der Waals surface area contributed by atoms with Gasteiger partial charge in [0.2, 0.25) is 0 Å². The molecule has 1 aliphatic heterocycles. The molecule has 1 N–H and O–H groups in total. The molecule has 2 aromatic carbocycles. The Morgan fingerprint density at radius 1 is 1.20 bits per heavy atom. The van der Waals surface area contributed by atoms with Gasteiger partial charge in [-0.2, -0.15) is 0 Å². The maximum atomic E-state index is 12.6. The van der Waals surface area contributed by atoms with Gasteiger partial charge in [-0.3, -0.25) is 9.52 Å². The first-order chi connectivity index (χ1) is 14.3. The Bertz CT molecular complexity index is 1200. The number of halogens is 2. The van der Waals surface area contributed by atoms with Crippen LogP contribution in [0, 0.1) is 0 Å². The van der Waals surface area contributed by atoms with E-state index in [-0.39, 0.29) is 17.4 Å². The normalized spacial score (nSPS) is 13.2. The number of aromatic nitrogens is 1. The maximum absolute atomic E-state index is 12.6. The fourth-order valence-electron chi connectivity index (χ4n) is 3.04. The van der Waals surface area contributed by atoms with Gasteiger partial charge in [-0.25, -0.2) is 13.4 Å². The van der Waals surface area contributed by atoms with Crippen LogP contribution in [0.5, 0.6) is 5.75 Å². The molecule has 1 amide bonds. The van der Waals surface area contributed by atoms with Crippen LogP contribution in [-0.2, 0) is 21.2 Å². The predicted octanol–water partition coefficient (Wildman–Crippen LogP) is 4.22. The molecular weight excluding hydrogens is 469 g/mol. The number of carbonyl (C=O) groups is 1. The number of hydrogen-bond acceptors (Lipinski definition) is 6. The molecule has 0 spiro atoms. The van der Waals surface area contributed by atoms with Crippen molar-refractivity contribution in [1.82, 2.24) is 4.98 Å². The molecule has 4 rings (SSSR count). The first-order valence-electron chi connectivity index (χ1n) is 8.77. The molecule has 0 aliphatic carbocycles. The van der Waals surface area contributed by atoms with Crippen molar-refractivity contribution in [2.45, 2.75) is 11.3 Å². The molecule has 0 atom stereocenters. The summed E-state index contributed by atoms with van der Waals surface area (Å²) >= 11 is 13.0. The third-order valence-electron chi connectivity index (χ3n) is 4.47. The minimum Gasteiger partial charge on any atom is -0.484 e. The number of hydrogen-bond donors (Lipinski definition) is 1. The second kappa shape index (κ2) is 8.43. The lowest BCUT2D eigenvalue weighted by Gasteiger charge is -2.18. The second-order valence-corrected chi connectivity index (χ2v) is 9.78. The SMILES string of the molecule is O=C(COc1ccc(Cl)c(Cl)c1)N1CCc2cc(S(=O)(=O)Nc3nccs3)ccc21. The molecule has 0 bridgehead atoms. The zero-order valence-corrected chi connectivity index (χ0v) is 18.5. The van der Waals surface area contributed by atoms with Gasteiger partial charge in [-0.05, 0) is 42.3 Å². The zero-order chi connectivity index (χ0) is 21.3. The fraction of sp³-hybridized carbons (Fsp3) is 0.158. The second-order valence-electron chi connectivity index (χ2n) is 6.39. The van der Waals surface area contributed by atoms with Gasteiger partial charge in [0.1, 0.15) is 5.75 Å². The first kappa shape index (κ1) is 20.9. The number of benzene rings is 2. The van der Waals surface area contributed by atoms with Crippen LogP contribution in [0.1, 0.15) is 5.56 Å². The standard InChI is InChI=1S/C19H15Cl2N3O4S2/c20-15-3-1-13(10-16(15)21)28-11-18(25)24-7-5-12-9-14(2-4-17(12)24)30(26,27)23-19-22-6-8-29-19/h1-4,6,8-10H,5,7,11H2,(H,22,23). The van der Waals surface area contributed by atoms with Crippen molar-refractivity contribution in [3.63, 3.8) is 0 Å². The minimum absolute atomic E-state index is 0.123. The summed E-state index contributed by atoms with van der Waals surface area (Å²) in [6, 6.07) is 9.46. The fourth-order valence-corrected chi connectivity index (χ4v) is 5.17. The minimum atomic E-state index is -3.75. The maximum Gasteiger partial charge on any atom is 0.264 e. The van der Waals surface area contributed by atoms with E-state index in [1.807, 2.05) is 0 Å². The number of sulfonamides is 1. The Kier molecular flexibility index (Phi) is 5.88. The van der Waals surface area contributed by atoms with Crippen molar-refractivity contribution in [2.24, 2.45) is 0 Å².